The van der Waals surface area contributed by atoms with Crippen molar-refractivity contribution >= 4 is 11.3 Å². The van der Waals surface area contributed by atoms with Gasteiger partial charge in [0.25, 0.3) is 0 Å². The van der Waals surface area contributed by atoms with E-state index in [0.717, 1.165) is 19.3 Å². The molecule has 0 spiro atoms. The topological polar surface area (TPSA) is 22.0 Å². The van der Waals surface area contributed by atoms with Crippen LogP contribution in [0.1, 0.15) is 44.5 Å². The van der Waals surface area contributed by atoms with Crippen molar-refractivity contribution < 1.29 is 0 Å². The van der Waals surface area contributed by atoms with Crippen molar-refractivity contribution in [3.05, 3.63) is 20.7 Å². The number of aryl methyl sites for hydroxylation is 1. The predicted molar refractivity (Wildman–Crippen MR) is 57.6 cm³/mol. The van der Waals surface area contributed by atoms with E-state index in [1.165, 1.54) is 16.2 Å². The van der Waals surface area contributed by atoms with Crippen LogP contribution < -0.4 is 4.87 Å². The average Bonchev–Trinajstić information content (AvgIpc) is 2.46. The summed E-state index contributed by atoms with van der Waals surface area (Å²) in [5.41, 5.74) is 0. The van der Waals surface area contributed by atoms with Crippen LogP contribution >= 0.6 is 11.3 Å². The Kier molecular flexibility index (Phi) is 3.72. The third-order valence-electron chi connectivity index (χ3n) is 2.27. The second-order valence-electron chi connectivity index (χ2n) is 3.38. The minimum absolute atomic E-state index is 0.192. The predicted octanol–water partition coefficient (Wildman–Crippen LogP) is 2.83. The first-order valence-corrected chi connectivity index (χ1v) is 5.71. The molecule has 0 N–H and O–H groups in total. The Hall–Kier alpha value is -0.570. The minimum Gasteiger partial charge on any atom is -0.303 e. The number of hydrogen-bond donors (Lipinski definition) is 0. The van der Waals surface area contributed by atoms with E-state index in [-0.39, 0.29) is 4.87 Å². The van der Waals surface area contributed by atoms with Crippen molar-refractivity contribution in [1.82, 2.24) is 4.57 Å². The largest absolute Gasteiger partial charge is 0.307 e. The van der Waals surface area contributed by atoms with E-state index in [0.29, 0.717) is 6.04 Å². The van der Waals surface area contributed by atoms with Crippen LogP contribution in [0.25, 0.3) is 0 Å². The average molecular weight is 199 g/mol. The highest BCUT2D eigenvalue weighted by Crippen LogP contribution is 2.13. The maximum absolute atomic E-state index is 11.5. The third kappa shape index (κ3) is 2.44. The zero-order chi connectivity index (χ0) is 9.84. The van der Waals surface area contributed by atoms with Crippen LogP contribution in [0.2, 0.25) is 0 Å². The summed E-state index contributed by atoms with van der Waals surface area (Å²) in [6.45, 7) is 6.33. The van der Waals surface area contributed by atoms with Gasteiger partial charge < -0.3 is 4.57 Å². The van der Waals surface area contributed by atoms with Crippen LogP contribution in [0.4, 0.5) is 0 Å². The maximum Gasteiger partial charge on any atom is 0.307 e. The van der Waals surface area contributed by atoms with Crippen LogP contribution in [0.3, 0.4) is 0 Å². The van der Waals surface area contributed by atoms with Gasteiger partial charge in [0, 0.05) is 17.1 Å². The Morgan fingerprint density at radius 3 is 2.77 bits per heavy atom. The fourth-order valence-electron chi connectivity index (χ4n) is 1.26. The quantitative estimate of drug-likeness (QED) is 0.731. The fraction of sp³-hybridized carbons (Fsp3) is 0.700. The van der Waals surface area contributed by atoms with Gasteiger partial charge in [0.2, 0.25) is 0 Å². The van der Waals surface area contributed by atoms with Crippen molar-refractivity contribution in [2.24, 2.45) is 0 Å². The molecule has 74 valence electrons. The molecule has 2 nitrogen and oxygen atoms in total. The second kappa shape index (κ2) is 4.61. The molecule has 13 heavy (non-hydrogen) atoms. The van der Waals surface area contributed by atoms with E-state index in [2.05, 4.69) is 20.8 Å². The number of rotatable bonds is 4. The molecule has 1 heterocycles. The fourth-order valence-corrected chi connectivity index (χ4v) is 2.30. The normalized spacial score (nSPS) is 13.2. The summed E-state index contributed by atoms with van der Waals surface area (Å²) in [6.07, 6.45) is 5.18. The molecule has 1 rings (SSSR count). The highest BCUT2D eigenvalue weighted by atomic mass is 32.1. The lowest BCUT2D eigenvalue weighted by Gasteiger charge is -2.07. The first-order chi connectivity index (χ1) is 6.19. The Morgan fingerprint density at radius 1 is 1.54 bits per heavy atom. The summed E-state index contributed by atoms with van der Waals surface area (Å²) in [5, 5.41) is 0. The molecule has 0 aliphatic heterocycles. The zero-order valence-corrected chi connectivity index (χ0v) is 9.36. The van der Waals surface area contributed by atoms with Gasteiger partial charge in [-0.25, -0.2) is 0 Å². The van der Waals surface area contributed by atoms with E-state index < -0.39 is 0 Å². The molecule has 0 fully saturated rings. The van der Waals surface area contributed by atoms with Gasteiger partial charge in [0.15, 0.2) is 0 Å². The number of thiazole rings is 1. The molecule has 0 unspecified atom stereocenters. The van der Waals surface area contributed by atoms with Gasteiger partial charge in [-0.05, 0) is 19.8 Å². The number of aromatic nitrogens is 1. The molecule has 1 aromatic heterocycles. The first kappa shape index (κ1) is 10.5. The van der Waals surface area contributed by atoms with Gasteiger partial charge in [0.05, 0.1) is 0 Å². The molecule has 0 aliphatic carbocycles. The molecule has 3 heteroatoms. The second-order valence-corrected chi connectivity index (χ2v) is 4.46. The van der Waals surface area contributed by atoms with Crippen LogP contribution in [-0.2, 0) is 6.42 Å². The highest BCUT2D eigenvalue weighted by Gasteiger charge is 2.07. The Bertz CT molecular complexity index is 313. The lowest BCUT2D eigenvalue weighted by Crippen LogP contribution is -2.15. The Morgan fingerprint density at radius 2 is 2.23 bits per heavy atom. The van der Waals surface area contributed by atoms with Gasteiger partial charge in [-0.3, -0.25) is 4.79 Å². The van der Waals surface area contributed by atoms with Gasteiger partial charge in [-0.1, -0.05) is 31.6 Å². The SMILES string of the molecule is CCCc1cn([C@@H](C)CC)c(=O)s1. The number of hydrogen-bond acceptors (Lipinski definition) is 2. The summed E-state index contributed by atoms with van der Waals surface area (Å²) in [7, 11) is 0. The smallest absolute Gasteiger partial charge is 0.303 e. The van der Waals surface area contributed by atoms with Crippen molar-refractivity contribution in [2.75, 3.05) is 0 Å². The van der Waals surface area contributed by atoms with E-state index >= 15 is 0 Å². The summed E-state index contributed by atoms with van der Waals surface area (Å²) in [6, 6.07) is 0.342. The summed E-state index contributed by atoms with van der Waals surface area (Å²) in [5.74, 6) is 0. The van der Waals surface area contributed by atoms with Gasteiger partial charge in [0.1, 0.15) is 0 Å². The molecule has 0 radical (unpaired) electrons. The molecule has 0 amide bonds. The summed E-state index contributed by atoms with van der Waals surface area (Å²) in [4.78, 5) is 12.9. The van der Waals surface area contributed by atoms with Crippen molar-refractivity contribution in [3.8, 4) is 0 Å². The molecule has 0 saturated heterocycles. The molecular formula is C10H17NOS. The molecule has 1 atom stereocenters. The molecule has 0 bridgehead atoms. The molecule has 1 aromatic rings. The van der Waals surface area contributed by atoms with E-state index in [4.69, 9.17) is 0 Å². The molecular weight excluding hydrogens is 182 g/mol. The zero-order valence-electron chi connectivity index (χ0n) is 8.54. The van der Waals surface area contributed by atoms with Gasteiger partial charge in [-0.2, -0.15) is 0 Å². The van der Waals surface area contributed by atoms with Gasteiger partial charge in [-0.15, -0.1) is 0 Å². The van der Waals surface area contributed by atoms with Crippen LogP contribution in [0.15, 0.2) is 11.0 Å². The molecule has 0 saturated carbocycles. The maximum atomic E-state index is 11.5. The standard InChI is InChI=1S/C10H17NOS/c1-4-6-9-7-11(8(3)5-2)10(12)13-9/h7-8H,4-6H2,1-3H3/t8-/m0/s1. The lowest BCUT2D eigenvalue weighted by atomic mass is 10.2. The summed E-state index contributed by atoms with van der Waals surface area (Å²) >= 11 is 1.39. The Labute approximate surface area is 83.2 Å². The van der Waals surface area contributed by atoms with Crippen LogP contribution in [-0.4, -0.2) is 4.57 Å². The number of nitrogens with zero attached hydrogens (tertiary/aromatic N) is 1. The highest BCUT2D eigenvalue weighted by molar-refractivity contribution is 7.09. The van der Waals surface area contributed by atoms with E-state index in [9.17, 15) is 4.79 Å². The minimum atomic E-state index is 0.192. The van der Waals surface area contributed by atoms with E-state index in [1.54, 1.807) is 0 Å². The van der Waals surface area contributed by atoms with Gasteiger partial charge >= 0.3 is 4.87 Å². The lowest BCUT2D eigenvalue weighted by molar-refractivity contribution is 0.522. The van der Waals surface area contributed by atoms with E-state index in [1.807, 2.05) is 10.8 Å². The summed E-state index contributed by atoms with van der Waals surface area (Å²) < 4.78 is 1.86. The van der Waals surface area contributed by atoms with Crippen LogP contribution in [0, 0.1) is 0 Å². The molecule has 0 aromatic carbocycles. The monoisotopic (exact) mass is 199 g/mol. The molecule has 0 aliphatic rings. The third-order valence-corrected chi connectivity index (χ3v) is 3.23. The van der Waals surface area contributed by atoms with Crippen molar-refractivity contribution in [1.29, 1.82) is 0 Å². The Balaban J connectivity index is 2.89. The van der Waals surface area contributed by atoms with Crippen molar-refractivity contribution in [3.63, 3.8) is 0 Å². The van der Waals surface area contributed by atoms with Crippen molar-refractivity contribution in [2.45, 2.75) is 46.1 Å². The van der Waals surface area contributed by atoms with Crippen LogP contribution in [0.5, 0.6) is 0 Å². The first-order valence-electron chi connectivity index (χ1n) is 4.89.